The molecule has 140 valence electrons. The van der Waals surface area contributed by atoms with Gasteiger partial charge in [0.25, 0.3) is 0 Å². The van der Waals surface area contributed by atoms with E-state index in [0.717, 1.165) is 30.4 Å². The van der Waals surface area contributed by atoms with E-state index in [4.69, 9.17) is 5.73 Å². The van der Waals surface area contributed by atoms with Crippen LogP contribution in [0.3, 0.4) is 0 Å². The van der Waals surface area contributed by atoms with Gasteiger partial charge in [-0.25, -0.2) is 4.79 Å². The van der Waals surface area contributed by atoms with Crippen LogP contribution in [-0.4, -0.2) is 47.4 Å². The molecule has 2 unspecified atom stereocenters. The number of urea groups is 1. The van der Waals surface area contributed by atoms with Crippen molar-refractivity contribution in [3.05, 3.63) is 48.0 Å². The summed E-state index contributed by atoms with van der Waals surface area (Å²) in [5, 5.41) is 2.96. The van der Waals surface area contributed by atoms with E-state index < -0.39 is 0 Å². The lowest BCUT2D eigenvalue weighted by Crippen LogP contribution is -2.55. The molecule has 0 spiro atoms. The number of hydrogen-bond acceptors (Lipinski definition) is 3. The van der Waals surface area contributed by atoms with Gasteiger partial charge in [0, 0.05) is 25.2 Å². The van der Waals surface area contributed by atoms with Gasteiger partial charge in [0.05, 0.1) is 11.4 Å². The summed E-state index contributed by atoms with van der Waals surface area (Å²) in [6, 6.07) is 14.0. The quantitative estimate of drug-likeness (QED) is 0.649. The van der Waals surface area contributed by atoms with Crippen molar-refractivity contribution in [1.29, 1.82) is 0 Å². The molecule has 2 fully saturated rings. The molecule has 2 aliphatic rings. The largest absolute Gasteiger partial charge is 0.397 e. The zero-order valence-electron chi connectivity index (χ0n) is 15.4. The number of carbonyl (C=O) groups excluding carboxylic acids is 2. The Bertz CT molecular complexity index is 851. The van der Waals surface area contributed by atoms with E-state index in [1.54, 1.807) is 4.90 Å². The molecule has 0 aliphatic carbocycles. The number of nitrogens with two attached hydrogens (primary N) is 1. The van der Waals surface area contributed by atoms with Crippen LogP contribution in [0, 0.1) is 6.92 Å². The number of anilines is 2. The number of nitrogens with zero attached hydrogens (tertiary/aromatic N) is 2. The number of piperazine rings is 1. The van der Waals surface area contributed by atoms with E-state index in [-0.39, 0.29) is 18.1 Å². The maximum absolute atomic E-state index is 12.8. The van der Waals surface area contributed by atoms with Gasteiger partial charge in [0.2, 0.25) is 6.41 Å². The number of carbonyl (C=O) groups is 2. The van der Waals surface area contributed by atoms with E-state index in [1.165, 1.54) is 5.56 Å². The Morgan fingerprint density at radius 3 is 2.33 bits per heavy atom. The molecule has 2 aromatic rings. The van der Waals surface area contributed by atoms with Crippen molar-refractivity contribution >= 4 is 23.8 Å². The molecule has 2 aliphatic heterocycles. The Balaban J connectivity index is 1.51. The first-order valence-electron chi connectivity index (χ1n) is 9.30. The van der Waals surface area contributed by atoms with Gasteiger partial charge in [-0.3, -0.25) is 4.79 Å². The molecule has 27 heavy (non-hydrogen) atoms. The first kappa shape index (κ1) is 17.4. The van der Waals surface area contributed by atoms with Gasteiger partial charge in [0.1, 0.15) is 0 Å². The van der Waals surface area contributed by atoms with Crippen LogP contribution in [0.4, 0.5) is 16.2 Å². The van der Waals surface area contributed by atoms with Crippen LogP contribution >= 0.6 is 0 Å². The highest BCUT2D eigenvalue weighted by Crippen LogP contribution is 2.31. The molecule has 0 radical (unpaired) electrons. The Morgan fingerprint density at radius 2 is 1.70 bits per heavy atom. The number of amides is 3. The number of hydrogen-bond donors (Lipinski definition) is 2. The van der Waals surface area contributed by atoms with Crippen molar-refractivity contribution in [2.75, 3.05) is 24.1 Å². The van der Waals surface area contributed by atoms with E-state index in [2.05, 4.69) is 36.5 Å². The summed E-state index contributed by atoms with van der Waals surface area (Å²) in [5.41, 5.74) is 10.5. The molecule has 2 saturated heterocycles. The van der Waals surface area contributed by atoms with Crippen LogP contribution in [0.1, 0.15) is 18.4 Å². The molecule has 2 aromatic carbocycles. The zero-order chi connectivity index (χ0) is 19.0. The standard InChI is InChI=1S/C21H24N4O2/c1-14-2-4-15(5-3-14)16-6-9-19(22)20(10-16)23-21(27)24-11-17-7-8-18(12-24)25(17)13-26/h2-6,9-10,13,17-18H,7-8,11-12,22H2,1H3,(H,23,27). The summed E-state index contributed by atoms with van der Waals surface area (Å²) in [6.45, 7) is 3.19. The molecule has 4 rings (SSSR count). The third kappa shape index (κ3) is 3.35. The second-order valence-electron chi connectivity index (χ2n) is 7.44. The Hall–Kier alpha value is -3.02. The number of benzene rings is 2. The highest BCUT2D eigenvalue weighted by atomic mass is 16.2. The number of likely N-dealkylation sites (tertiary alicyclic amines) is 1. The Kier molecular flexibility index (Phi) is 4.48. The second-order valence-corrected chi connectivity index (χ2v) is 7.44. The molecule has 2 heterocycles. The van der Waals surface area contributed by atoms with Gasteiger partial charge in [0.15, 0.2) is 0 Å². The molecule has 0 saturated carbocycles. The van der Waals surface area contributed by atoms with Gasteiger partial charge < -0.3 is 20.9 Å². The summed E-state index contributed by atoms with van der Waals surface area (Å²) >= 11 is 0. The third-order valence-corrected chi connectivity index (χ3v) is 5.63. The summed E-state index contributed by atoms with van der Waals surface area (Å²) in [7, 11) is 0. The van der Waals surface area contributed by atoms with Crippen molar-refractivity contribution in [3.63, 3.8) is 0 Å². The summed E-state index contributed by atoms with van der Waals surface area (Å²) in [4.78, 5) is 27.6. The molecule has 0 aromatic heterocycles. The first-order chi connectivity index (χ1) is 13.0. The number of nitrogen functional groups attached to an aromatic ring is 1. The van der Waals surface area contributed by atoms with E-state index in [9.17, 15) is 9.59 Å². The van der Waals surface area contributed by atoms with E-state index in [0.29, 0.717) is 24.5 Å². The third-order valence-electron chi connectivity index (χ3n) is 5.63. The SMILES string of the molecule is Cc1ccc(-c2ccc(N)c(NC(=O)N3CC4CCC(C3)N4C=O)c2)cc1. The highest BCUT2D eigenvalue weighted by Gasteiger charge is 2.40. The normalized spacial score (nSPS) is 21.2. The highest BCUT2D eigenvalue weighted by molar-refractivity contribution is 5.94. The molecule has 6 heteroatoms. The fraction of sp³-hybridized carbons (Fsp3) is 0.333. The second kappa shape index (κ2) is 6.95. The topological polar surface area (TPSA) is 78.7 Å². The van der Waals surface area contributed by atoms with Crippen molar-refractivity contribution in [2.24, 2.45) is 0 Å². The average molecular weight is 364 g/mol. The average Bonchev–Trinajstić information content (AvgIpc) is 2.91. The van der Waals surface area contributed by atoms with Gasteiger partial charge in [-0.1, -0.05) is 35.9 Å². The molecule has 3 amide bonds. The summed E-state index contributed by atoms with van der Waals surface area (Å²) in [6.07, 6.45) is 2.83. The van der Waals surface area contributed by atoms with Crippen LogP contribution in [0.2, 0.25) is 0 Å². The summed E-state index contributed by atoms with van der Waals surface area (Å²) in [5.74, 6) is 0. The minimum absolute atomic E-state index is 0.128. The molecule has 3 N–H and O–H groups in total. The Labute approximate surface area is 158 Å². The van der Waals surface area contributed by atoms with Crippen LogP contribution in [-0.2, 0) is 4.79 Å². The monoisotopic (exact) mass is 364 g/mol. The molecule has 2 bridgehead atoms. The fourth-order valence-electron chi connectivity index (χ4n) is 4.06. The van der Waals surface area contributed by atoms with Crippen molar-refractivity contribution in [2.45, 2.75) is 31.8 Å². The van der Waals surface area contributed by atoms with Crippen LogP contribution in [0.15, 0.2) is 42.5 Å². The molecular formula is C21H24N4O2. The van der Waals surface area contributed by atoms with E-state index >= 15 is 0 Å². The lowest BCUT2D eigenvalue weighted by Gasteiger charge is -2.38. The van der Waals surface area contributed by atoms with Gasteiger partial charge in [-0.15, -0.1) is 0 Å². The molecular weight excluding hydrogens is 340 g/mol. The number of fused-ring (bicyclic) bond motifs is 2. The van der Waals surface area contributed by atoms with E-state index in [1.807, 2.05) is 23.1 Å². The number of nitrogens with one attached hydrogen (secondary N) is 1. The first-order valence-corrected chi connectivity index (χ1v) is 9.30. The maximum Gasteiger partial charge on any atom is 0.322 e. The minimum Gasteiger partial charge on any atom is -0.397 e. The zero-order valence-corrected chi connectivity index (χ0v) is 15.4. The number of aryl methyl sites for hydroxylation is 1. The van der Waals surface area contributed by atoms with Gasteiger partial charge >= 0.3 is 6.03 Å². The molecule has 2 atom stereocenters. The van der Waals surface area contributed by atoms with Gasteiger partial charge in [-0.05, 0) is 43.0 Å². The molecule has 6 nitrogen and oxygen atoms in total. The lowest BCUT2D eigenvalue weighted by molar-refractivity contribution is -0.122. The van der Waals surface area contributed by atoms with Crippen LogP contribution in [0.5, 0.6) is 0 Å². The number of rotatable bonds is 3. The summed E-state index contributed by atoms with van der Waals surface area (Å²) < 4.78 is 0. The minimum atomic E-state index is -0.162. The Morgan fingerprint density at radius 1 is 1.07 bits per heavy atom. The fourth-order valence-corrected chi connectivity index (χ4v) is 4.06. The maximum atomic E-state index is 12.8. The predicted molar refractivity (Wildman–Crippen MR) is 106 cm³/mol. The van der Waals surface area contributed by atoms with Crippen LogP contribution in [0.25, 0.3) is 11.1 Å². The predicted octanol–water partition coefficient (Wildman–Crippen LogP) is 3.08. The lowest BCUT2D eigenvalue weighted by atomic mass is 10.0. The smallest absolute Gasteiger partial charge is 0.322 e. The van der Waals surface area contributed by atoms with Crippen molar-refractivity contribution in [1.82, 2.24) is 9.80 Å². The van der Waals surface area contributed by atoms with Crippen molar-refractivity contribution in [3.8, 4) is 11.1 Å². The van der Waals surface area contributed by atoms with Crippen LogP contribution < -0.4 is 11.1 Å². The van der Waals surface area contributed by atoms with Crippen molar-refractivity contribution < 1.29 is 9.59 Å². The van der Waals surface area contributed by atoms with Gasteiger partial charge in [-0.2, -0.15) is 0 Å².